The number of hydrogen-bond acceptors (Lipinski definition) is 2. The van der Waals surface area contributed by atoms with Crippen LogP contribution in [0.1, 0.15) is 50.6 Å². The Labute approximate surface area is 104 Å². The van der Waals surface area contributed by atoms with Gasteiger partial charge in [0.25, 0.3) is 0 Å². The fourth-order valence-electron chi connectivity index (χ4n) is 2.38. The van der Waals surface area contributed by atoms with Crippen LogP contribution in [-0.4, -0.2) is 13.2 Å². The van der Waals surface area contributed by atoms with Crippen molar-refractivity contribution >= 4 is 0 Å². The first-order valence-corrected chi connectivity index (χ1v) is 6.87. The Hall–Kier alpha value is -1.02. The van der Waals surface area contributed by atoms with Crippen molar-refractivity contribution in [2.45, 2.75) is 45.1 Å². The standard InChI is InChI=1S/C15H23NO/c1-2-3-4-7-11-16-14-10-12-17-15-9-6-5-8-13(14)15/h5-6,8-9,14,16H,2-4,7,10-12H2,1H3. The Bertz CT molecular complexity index is 337. The molecule has 0 spiro atoms. The van der Waals surface area contributed by atoms with Crippen LogP contribution in [0.5, 0.6) is 5.75 Å². The Morgan fingerprint density at radius 1 is 1.24 bits per heavy atom. The minimum Gasteiger partial charge on any atom is -0.493 e. The number of nitrogens with one attached hydrogen (secondary N) is 1. The van der Waals surface area contributed by atoms with Crippen molar-refractivity contribution in [3.8, 4) is 5.75 Å². The Balaban J connectivity index is 1.82. The monoisotopic (exact) mass is 233 g/mol. The van der Waals surface area contributed by atoms with E-state index >= 15 is 0 Å². The molecule has 0 aliphatic carbocycles. The van der Waals surface area contributed by atoms with Crippen LogP contribution in [0.2, 0.25) is 0 Å². The van der Waals surface area contributed by atoms with Gasteiger partial charge >= 0.3 is 0 Å². The number of benzene rings is 1. The minimum absolute atomic E-state index is 0.488. The first-order chi connectivity index (χ1) is 8.42. The summed E-state index contributed by atoms with van der Waals surface area (Å²) in [5, 5.41) is 3.66. The quantitative estimate of drug-likeness (QED) is 0.757. The maximum absolute atomic E-state index is 5.66. The molecule has 1 unspecified atom stereocenters. The average Bonchev–Trinajstić information content (AvgIpc) is 2.39. The van der Waals surface area contributed by atoms with E-state index in [1.54, 1.807) is 0 Å². The highest BCUT2D eigenvalue weighted by Gasteiger charge is 2.19. The van der Waals surface area contributed by atoms with Gasteiger partial charge in [0.1, 0.15) is 5.75 Å². The second-order valence-corrected chi connectivity index (χ2v) is 4.74. The second-order valence-electron chi connectivity index (χ2n) is 4.74. The maximum Gasteiger partial charge on any atom is 0.124 e. The van der Waals surface area contributed by atoms with Gasteiger partial charge in [0.2, 0.25) is 0 Å². The van der Waals surface area contributed by atoms with E-state index in [9.17, 15) is 0 Å². The van der Waals surface area contributed by atoms with Crippen LogP contribution in [0.3, 0.4) is 0 Å². The Morgan fingerprint density at radius 3 is 3.00 bits per heavy atom. The summed E-state index contributed by atoms with van der Waals surface area (Å²) < 4.78 is 5.66. The van der Waals surface area contributed by atoms with Crippen molar-refractivity contribution in [2.75, 3.05) is 13.2 Å². The minimum atomic E-state index is 0.488. The topological polar surface area (TPSA) is 21.3 Å². The molecule has 0 aromatic heterocycles. The summed E-state index contributed by atoms with van der Waals surface area (Å²) in [5.74, 6) is 1.06. The van der Waals surface area contributed by atoms with E-state index in [0.717, 1.165) is 25.3 Å². The van der Waals surface area contributed by atoms with Gasteiger partial charge in [-0.25, -0.2) is 0 Å². The smallest absolute Gasteiger partial charge is 0.124 e. The molecule has 0 radical (unpaired) electrons. The van der Waals surface area contributed by atoms with Crippen LogP contribution in [0, 0.1) is 0 Å². The second kappa shape index (κ2) is 6.65. The summed E-state index contributed by atoms with van der Waals surface area (Å²) in [6.45, 7) is 4.21. The summed E-state index contributed by atoms with van der Waals surface area (Å²) in [7, 11) is 0. The third kappa shape index (κ3) is 3.47. The zero-order chi connectivity index (χ0) is 11.9. The number of hydrogen-bond donors (Lipinski definition) is 1. The van der Waals surface area contributed by atoms with Gasteiger partial charge in [-0.05, 0) is 19.0 Å². The number of para-hydroxylation sites is 1. The molecule has 0 amide bonds. The molecule has 2 heteroatoms. The predicted molar refractivity (Wildman–Crippen MR) is 71.4 cm³/mol. The number of fused-ring (bicyclic) bond motifs is 1. The number of unbranched alkanes of at least 4 members (excludes halogenated alkanes) is 3. The molecule has 17 heavy (non-hydrogen) atoms. The lowest BCUT2D eigenvalue weighted by molar-refractivity contribution is 0.252. The molecule has 2 rings (SSSR count). The lowest BCUT2D eigenvalue weighted by atomic mass is 10.0. The van der Waals surface area contributed by atoms with Gasteiger partial charge < -0.3 is 10.1 Å². The first-order valence-electron chi connectivity index (χ1n) is 6.87. The van der Waals surface area contributed by atoms with Crippen LogP contribution >= 0.6 is 0 Å². The van der Waals surface area contributed by atoms with Gasteiger partial charge in [-0.15, -0.1) is 0 Å². The lowest BCUT2D eigenvalue weighted by Crippen LogP contribution is -2.27. The Morgan fingerprint density at radius 2 is 2.12 bits per heavy atom. The molecule has 1 aliphatic heterocycles. The largest absolute Gasteiger partial charge is 0.493 e. The van der Waals surface area contributed by atoms with E-state index in [-0.39, 0.29) is 0 Å². The number of ether oxygens (including phenoxy) is 1. The van der Waals surface area contributed by atoms with Crippen molar-refractivity contribution < 1.29 is 4.74 Å². The maximum atomic E-state index is 5.66. The fourth-order valence-corrected chi connectivity index (χ4v) is 2.38. The molecule has 1 aliphatic rings. The SMILES string of the molecule is CCCCCCNC1CCOc2ccccc21. The Kier molecular flexibility index (Phi) is 4.87. The zero-order valence-electron chi connectivity index (χ0n) is 10.7. The molecule has 1 heterocycles. The van der Waals surface area contributed by atoms with Crippen molar-refractivity contribution in [3.63, 3.8) is 0 Å². The summed E-state index contributed by atoms with van der Waals surface area (Å²) in [6.07, 6.45) is 6.37. The summed E-state index contributed by atoms with van der Waals surface area (Å²) in [5.41, 5.74) is 1.33. The van der Waals surface area contributed by atoms with Crippen molar-refractivity contribution in [1.82, 2.24) is 5.32 Å². The molecule has 1 N–H and O–H groups in total. The molecular formula is C15H23NO. The van der Waals surface area contributed by atoms with Gasteiger partial charge in [0, 0.05) is 18.0 Å². The summed E-state index contributed by atoms with van der Waals surface area (Å²) >= 11 is 0. The van der Waals surface area contributed by atoms with Crippen molar-refractivity contribution in [2.24, 2.45) is 0 Å². The van der Waals surface area contributed by atoms with Gasteiger partial charge in [-0.3, -0.25) is 0 Å². The summed E-state index contributed by atoms with van der Waals surface area (Å²) in [6, 6.07) is 8.88. The average molecular weight is 233 g/mol. The van der Waals surface area contributed by atoms with Crippen LogP contribution in [0.4, 0.5) is 0 Å². The summed E-state index contributed by atoms with van der Waals surface area (Å²) in [4.78, 5) is 0. The van der Waals surface area contributed by atoms with Crippen LogP contribution in [0.25, 0.3) is 0 Å². The van der Waals surface area contributed by atoms with E-state index < -0.39 is 0 Å². The highest BCUT2D eigenvalue weighted by molar-refractivity contribution is 5.37. The lowest BCUT2D eigenvalue weighted by Gasteiger charge is -2.26. The van der Waals surface area contributed by atoms with Crippen LogP contribution in [0.15, 0.2) is 24.3 Å². The number of rotatable bonds is 6. The molecule has 0 bridgehead atoms. The third-order valence-electron chi connectivity index (χ3n) is 3.38. The van der Waals surface area contributed by atoms with E-state index in [2.05, 4.69) is 30.4 Å². The fraction of sp³-hybridized carbons (Fsp3) is 0.600. The normalized spacial score (nSPS) is 18.5. The highest BCUT2D eigenvalue weighted by Crippen LogP contribution is 2.31. The molecular weight excluding hydrogens is 210 g/mol. The molecule has 0 saturated heterocycles. The molecule has 2 nitrogen and oxygen atoms in total. The molecule has 1 aromatic carbocycles. The predicted octanol–water partition coefficient (Wildman–Crippen LogP) is 3.68. The van der Waals surface area contributed by atoms with E-state index in [1.165, 1.54) is 31.2 Å². The van der Waals surface area contributed by atoms with Crippen LogP contribution in [-0.2, 0) is 0 Å². The van der Waals surface area contributed by atoms with E-state index in [1.807, 2.05) is 6.07 Å². The van der Waals surface area contributed by atoms with Gasteiger partial charge in [-0.1, -0.05) is 44.4 Å². The van der Waals surface area contributed by atoms with Gasteiger partial charge in [-0.2, -0.15) is 0 Å². The van der Waals surface area contributed by atoms with Crippen LogP contribution < -0.4 is 10.1 Å². The van der Waals surface area contributed by atoms with Crippen molar-refractivity contribution in [1.29, 1.82) is 0 Å². The molecule has 1 atom stereocenters. The highest BCUT2D eigenvalue weighted by atomic mass is 16.5. The van der Waals surface area contributed by atoms with Crippen molar-refractivity contribution in [3.05, 3.63) is 29.8 Å². The first kappa shape index (κ1) is 12.4. The van der Waals surface area contributed by atoms with E-state index in [0.29, 0.717) is 6.04 Å². The third-order valence-corrected chi connectivity index (χ3v) is 3.38. The van der Waals surface area contributed by atoms with Gasteiger partial charge in [0.05, 0.1) is 6.61 Å². The molecule has 0 saturated carbocycles. The zero-order valence-corrected chi connectivity index (χ0v) is 10.7. The van der Waals surface area contributed by atoms with Gasteiger partial charge in [0.15, 0.2) is 0 Å². The van der Waals surface area contributed by atoms with E-state index in [4.69, 9.17) is 4.74 Å². The molecule has 1 aromatic rings. The molecule has 0 fully saturated rings. The molecule has 94 valence electrons.